The Hall–Kier alpha value is -0.461. The van der Waals surface area contributed by atoms with E-state index in [4.69, 9.17) is 12.2 Å². The first-order chi connectivity index (χ1) is 8.15. The van der Waals surface area contributed by atoms with Crippen LogP contribution in [0.4, 0.5) is 0 Å². The molecule has 0 atom stereocenters. The summed E-state index contributed by atoms with van der Waals surface area (Å²) in [6.07, 6.45) is 4.87. The van der Waals surface area contributed by atoms with E-state index in [1.54, 1.807) is 25.6 Å². The van der Waals surface area contributed by atoms with Crippen molar-refractivity contribution in [2.24, 2.45) is 5.10 Å². The molecule has 9 heteroatoms. The molecule has 5 nitrogen and oxygen atoms in total. The van der Waals surface area contributed by atoms with Gasteiger partial charge in [0.1, 0.15) is 5.69 Å². The molecule has 0 spiro atoms. The van der Waals surface area contributed by atoms with Gasteiger partial charge in [0, 0.05) is 19.4 Å². The summed E-state index contributed by atoms with van der Waals surface area (Å²) in [6, 6.07) is 0. The summed E-state index contributed by atoms with van der Waals surface area (Å²) < 4.78 is 0. The number of nitrogens with one attached hydrogen (secondary N) is 2. The number of hydrogen-bond donors (Lipinski definition) is 2. The molecule has 0 saturated carbocycles. The van der Waals surface area contributed by atoms with Crippen LogP contribution in [0, 0.1) is 0 Å². The van der Waals surface area contributed by atoms with Gasteiger partial charge < -0.3 is 5.32 Å². The summed E-state index contributed by atoms with van der Waals surface area (Å²) >= 11 is 5.62. The van der Waals surface area contributed by atoms with Crippen LogP contribution in [-0.2, 0) is 13.1 Å². The SMILES string of the molecule is CNC(=S)NN=C(C)c1cnccn1.[Cl][Cu][Cl]. The fraction of sp³-hybridized carbons (Fsp3) is 0.250. The maximum absolute atomic E-state index is 4.86. The first-order valence-corrected chi connectivity index (χ1v) is 7.25. The summed E-state index contributed by atoms with van der Waals surface area (Å²) in [6.45, 7) is 1.83. The van der Waals surface area contributed by atoms with Crippen molar-refractivity contribution < 1.29 is 13.1 Å². The Bertz CT molecular complexity index is 362. The number of nitrogens with zero attached hydrogens (tertiary/aromatic N) is 3. The first-order valence-electron chi connectivity index (χ1n) is 4.25. The van der Waals surface area contributed by atoms with Crippen molar-refractivity contribution in [3.63, 3.8) is 0 Å². The van der Waals surface area contributed by atoms with Gasteiger partial charge in [-0.1, -0.05) is 0 Å². The number of hydrogen-bond acceptors (Lipinski definition) is 4. The Labute approximate surface area is 120 Å². The van der Waals surface area contributed by atoms with E-state index in [2.05, 4.69) is 46.0 Å². The average Bonchev–Trinajstić information content (AvgIpc) is 2.37. The summed E-state index contributed by atoms with van der Waals surface area (Å²) in [5, 5.41) is 7.24. The van der Waals surface area contributed by atoms with Gasteiger partial charge in [0.25, 0.3) is 0 Å². The summed E-state index contributed by atoms with van der Waals surface area (Å²) in [5.74, 6) is 0. The van der Waals surface area contributed by atoms with Crippen molar-refractivity contribution >= 4 is 43.2 Å². The van der Waals surface area contributed by atoms with Crippen molar-refractivity contribution in [3.8, 4) is 0 Å². The van der Waals surface area contributed by atoms with E-state index in [0.29, 0.717) is 5.11 Å². The summed E-state index contributed by atoms with van der Waals surface area (Å²) in [7, 11) is 11.1. The molecule has 1 aromatic heterocycles. The van der Waals surface area contributed by atoms with Crippen LogP contribution in [0.5, 0.6) is 0 Å². The van der Waals surface area contributed by atoms with E-state index in [9.17, 15) is 0 Å². The molecule has 17 heavy (non-hydrogen) atoms. The van der Waals surface area contributed by atoms with Crippen LogP contribution in [0.25, 0.3) is 0 Å². The third kappa shape index (κ3) is 8.29. The molecule has 0 amide bonds. The number of aromatic nitrogens is 2. The minimum absolute atomic E-state index is 0.466. The monoisotopic (exact) mass is 342 g/mol. The zero-order chi connectivity index (χ0) is 13.1. The van der Waals surface area contributed by atoms with Crippen LogP contribution in [0.3, 0.4) is 0 Å². The van der Waals surface area contributed by atoms with Gasteiger partial charge >= 0.3 is 33.3 Å². The molecule has 0 unspecified atom stereocenters. The van der Waals surface area contributed by atoms with Crippen LogP contribution in [0.15, 0.2) is 23.7 Å². The van der Waals surface area contributed by atoms with Crippen molar-refractivity contribution in [1.82, 2.24) is 20.7 Å². The van der Waals surface area contributed by atoms with E-state index >= 15 is 0 Å². The maximum atomic E-state index is 4.86. The molecule has 0 aliphatic heterocycles. The van der Waals surface area contributed by atoms with Crippen molar-refractivity contribution in [3.05, 3.63) is 24.3 Å². The Morgan fingerprint density at radius 3 is 2.59 bits per heavy atom. The normalized spacial score (nSPS) is 10.2. The molecular weight excluding hydrogens is 333 g/mol. The van der Waals surface area contributed by atoms with Gasteiger partial charge in [-0.05, 0) is 19.1 Å². The number of thiocarbonyl (C=S) groups is 1. The third-order valence-corrected chi connectivity index (χ3v) is 1.78. The zero-order valence-electron chi connectivity index (χ0n) is 9.04. The van der Waals surface area contributed by atoms with Gasteiger partial charge in [-0.15, -0.1) is 0 Å². The van der Waals surface area contributed by atoms with Crippen LogP contribution < -0.4 is 10.7 Å². The Balaban J connectivity index is 0.000000770. The quantitative estimate of drug-likeness (QED) is 0.370. The predicted octanol–water partition coefficient (Wildman–Crippen LogP) is 1.67. The molecule has 1 aromatic rings. The fourth-order valence-corrected chi connectivity index (χ4v) is 0.779. The molecule has 0 fully saturated rings. The minimum atomic E-state index is 0.466. The Morgan fingerprint density at radius 1 is 1.47 bits per heavy atom. The summed E-state index contributed by atoms with van der Waals surface area (Å²) in [4.78, 5) is 8.02. The number of rotatable bonds is 2. The molecule has 99 valence electrons. The predicted molar refractivity (Wildman–Crippen MR) is 70.7 cm³/mol. The van der Waals surface area contributed by atoms with Gasteiger partial charge in [-0.3, -0.25) is 15.4 Å². The van der Waals surface area contributed by atoms with Crippen molar-refractivity contribution in [2.75, 3.05) is 7.05 Å². The molecule has 1 rings (SSSR count). The number of halogens is 2. The number of hydrazone groups is 1. The van der Waals surface area contributed by atoms with Crippen molar-refractivity contribution in [1.29, 1.82) is 0 Å². The second kappa shape index (κ2) is 10.7. The molecule has 2 N–H and O–H groups in total. The third-order valence-electron chi connectivity index (χ3n) is 1.49. The van der Waals surface area contributed by atoms with E-state index in [-0.39, 0.29) is 0 Å². The van der Waals surface area contributed by atoms with Gasteiger partial charge in [-0.25, -0.2) is 0 Å². The zero-order valence-corrected chi connectivity index (χ0v) is 12.3. The van der Waals surface area contributed by atoms with Gasteiger partial charge in [-0.2, -0.15) is 5.10 Å². The molecule has 0 aliphatic rings. The molecular formula is C8H11Cl2CuN5S. The first kappa shape index (κ1) is 16.5. The van der Waals surface area contributed by atoms with Crippen LogP contribution in [0.2, 0.25) is 0 Å². The van der Waals surface area contributed by atoms with E-state index < -0.39 is 0 Å². The van der Waals surface area contributed by atoms with Crippen LogP contribution in [-0.4, -0.2) is 27.8 Å². The van der Waals surface area contributed by atoms with E-state index in [0.717, 1.165) is 24.5 Å². The second-order valence-corrected chi connectivity index (χ2v) is 4.49. The fourth-order valence-electron chi connectivity index (χ4n) is 0.734. The second-order valence-electron chi connectivity index (χ2n) is 2.52. The Morgan fingerprint density at radius 2 is 2.12 bits per heavy atom. The molecule has 0 aliphatic carbocycles. The molecule has 0 saturated heterocycles. The van der Waals surface area contributed by atoms with Gasteiger partial charge in [0.15, 0.2) is 5.11 Å². The van der Waals surface area contributed by atoms with Crippen LogP contribution >= 0.6 is 32.4 Å². The standard InChI is InChI=1S/C8H11N5S.2ClH.Cu/c1-6(12-13-8(14)9-2)7-5-10-3-4-11-7;;;/h3-5H,1-2H3,(H2,9,13,14);2*1H;/q;;;+2/p-2. The Kier molecular flexibility index (Phi) is 10.4. The summed E-state index contributed by atoms with van der Waals surface area (Å²) in [5.41, 5.74) is 4.12. The topological polar surface area (TPSA) is 62.2 Å². The van der Waals surface area contributed by atoms with E-state index in [1.807, 2.05) is 6.92 Å². The molecule has 0 bridgehead atoms. The van der Waals surface area contributed by atoms with Gasteiger partial charge in [0.05, 0.1) is 11.9 Å². The molecule has 0 radical (unpaired) electrons. The van der Waals surface area contributed by atoms with Crippen molar-refractivity contribution in [2.45, 2.75) is 6.92 Å². The van der Waals surface area contributed by atoms with Gasteiger partial charge in [0.2, 0.25) is 0 Å². The van der Waals surface area contributed by atoms with Crippen LogP contribution in [0.1, 0.15) is 12.6 Å². The van der Waals surface area contributed by atoms with E-state index in [1.165, 1.54) is 0 Å². The average molecular weight is 344 g/mol. The molecule has 1 heterocycles. The molecule has 0 aromatic carbocycles.